The number of rotatable bonds is 5. The minimum atomic E-state index is -0.426. The lowest BCUT2D eigenvalue weighted by Gasteiger charge is -2.36. The molecule has 8 heteroatoms. The van der Waals surface area contributed by atoms with Crippen molar-refractivity contribution in [3.8, 4) is 0 Å². The van der Waals surface area contributed by atoms with Gasteiger partial charge in [-0.3, -0.25) is 19.3 Å². The van der Waals surface area contributed by atoms with Crippen molar-refractivity contribution in [3.05, 3.63) is 28.9 Å². The van der Waals surface area contributed by atoms with E-state index in [1.54, 1.807) is 11.0 Å². The summed E-state index contributed by atoms with van der Waals surface area (Å²) in [6, 6.07) is 3.70. The highest BCUT2D eigenvalue weighted by Gasteiger charge is 2.38. The normalized spacial score (nSPS) is 22.5. The molecule has 3 heterocycles. The highest BCUT2D eigenvalue weighted by atomic mass is 32.2. The van der Waals surface area contributed by atoms with E-state index in [2.05, 4.69) is 0 Å². The Kier molecular flexibility index (Phi) is 5.83. The summed E-state index contributed by atoms with van der Waals surface area (Å²) in [5, 5.41) is 8.78. The Morgan fingerprint density at radius 2 is 2.19 bits per heavy atom. The Balaban J connectivity index is 1.70. The van der Waals surface area contributed by atoms with Gasteiger partial charge in [0.1, 0.15) is 6.54 Å². The maximum Gasteiger partial charge on any atom is 0.294 e. The number of aliphatic hydroxyl groups is 1. The molecule has 0 aliphatic carbocycles. The molecule has 3 rings (SSSR count). The zero-order valence-corrected chi connectivity index (χ0v) is 15.6. The van der Waals surface area contributed by atoms with E-state index >= 15 is 0 Å². The van der Waals surface area contributed by atoms with Crippen LogP contribution in [0.2, 0.25) is 0 Å². The standard InChI is InChI=1S/C18H23N3O4S/c1-19-8-4-6-14(19)11-15-17(24)21(18(25)26-15)12-16(23)20-9-3-2-5-13(20)7-10-22/h4,6,8,11,13,22H,2-3,5,7,9-10,12H2,1H3. The van der Waals surface area contributed by atoms with Gasteiger partial charge in [-0.25, -0.2) is 0 Å². The molecule has 1 aromatic rings. The first-order valence-corrected chi connectivity index (χ1v) is 9.60. The molecular weight excluding hydrogens is 354 g/mol. The van der Waals surface area contributed by atoms with Gasteiger partial charge in [0.2, 0.25) is 5.91 Å². The Morgan fingerprint density at radius 1 is 1.38 bits per heavy atom. The largest absolute Gasteiger partial charge is 0.396 e. The zero-order valence-electron chi connectivity index (χ0n) is 14.8. The van der Waals surface area contributed by atoms with Crippen LogP contribution in [0.3, 0.4) is 0 Å². The second-order valence-electron chi connectivity index (χ2n) is 6.56. The number of aryl methyl sites for hydroxylation is 1. The van der Waals surface area contributed by atoms with Crippen molar-refractivity contribution in [1.82, 2.24) is 14.4 Å². The van der Waals surface area contributed by atoms with Gasteiger partial charge in [-0.05, 0) is 55.7 Å². The van der Waals surface area contributed by atoms with Crippen molar-refractivity contribution in [2.24, 2.45) is 7.05 Å². The summed E-state index contributed by atoms with van der Waals surface area (Å²) in [5.74, 6) is -0.657. The number of hydrogen-bond acceptors (Lipinski definition) is 5. The average molecular weight is 377 g/mol. The number of carbonyl (C=O) groups is 3. The highest BCUT2D eigenvalue weighted by Crippen LogP contribution is 2.32. The van der Waals surface area contributed by atoms with Crippen molar-refractivity contribution in [3.63, 3.8) is 0 Å². The molecule has 26 heavy (non-hydrogen) atoms. The molecule has 0 spiro atoms. The molecule has 0 aromatic carbocycles. The van der Waals surface area contributed by atoms with Gasteiger partial charge in [0.25, 0.3) is 11.1 Å². The fraction of sp³-hybridized carbons (Fsp3) is 0.500. The van der Waals surface area contributed by atoms with Gasteiger partial charge in [-0.2, -0.15) is 0 Å². The maximum absolute atomic E-state index is 12.7. The predicted octanol–water partition coefficient (Wildman–Crippen LogP) is 1.82. The van der Waals surface area contributed by atoms with Crippen LogP contribution in [-0.4, -0.2) is 62.3 Å². The summed E-state index contributed by atoms with van der Waals surface area (Å²) in [6.45, 7) is 0.394. The van der Waals surface area contributed by atoms with Crippen LogP contribution in [0.15, 0.2) is 23.2 Å². The summed E-state index contributed by atoms with van der Waals surface area (Å²) in [6.07, 6.45) is 6.84. The first-order chi connectivity index (χ1) is 12.5. The van der Waals surface area contributed by atoms with Crippen LogP contribution in [0.5, 0.6) is 0 Å². The lowest BCUT2D eigenvalue weighted by atomic mass is 9.99. The lowest BCUT2D eigenvalue weighted by Crippen LogP contribution is -2.49. The van der Waals surface area contributed by atoms with Crippen molar-refractivity contribution in [1.29, 1.82) is 0 Å². The number of piperidine rings is 1. The monoisotopic (exact) mass is 377 g/mol. The molecular formula is C18H23N3O4S. The zero-order chi connectivity index (χ0) is 18.7. The van der Waals surface area contributed by atoms with Gasteiger partial charge in [-0.1, -0.05) is 0 Å². The van der Waals surface area contributed by atoms with E-state index in [0.717, 1.165) is 41.6 Å². The first kappa shape index (κ1) is 18.7. The summed E-state index contributed by atoms with van der Waals surface area (Å²) < 4.78 is 1.85. The van der Waals surface area contributed by atoms with E-state index in [4.69, 9.17) is 0 Å². The summed E-state index contributed by atoms with van der Waals surface area (Å²) in [7, 11) is 1.86. The Morgan fingerprint density at radius 3 is 2.88 bits per heavy atom. The van der Waals surface area contributed by atoms with Crippen LogP contribution < -0.4 is 0 Å². The van der Waals surface area contributed by atoms with Crippen LogP contribution in [-0.2, 0) is 16.6 Å². The quantitative estimate of drug-likeness (QED) is 0.792. The molecule has 1 unspecified atom stereocenters. The second kappa shape index (κ2) is 8.09. The van der Waals surface area contributed by atoms with Crippen LogP contribution in [0.1, 0.15) is 31.4 Å². The van der Waals surface area contributed by atoms with Crippen molar-refractivity contribution >= 4 is 34.9 Å². The van der Waals surface area contributed by atoms with Crippen LogP contribution in [0.25, 0.3) is 6.08 Å². The number of nitrogens with zero attached hydrogens (tertiary/aromatic N) is 3. The second-order valence-corrected chi connectivity index (χ2v) is 7.55. The van der Waals surface area contributed by atoms with E-state index in [1.807, 2.05) is 29.9 Å². The Hall–Kier alpha value is -2.06. The molecule has 2 saturated heterocycles. The van der Waals surface area contributed by atoms with E-state index < -0.39 is 11.1 Å². The summed E-state index contributed by atoms with van der Waals surface area (Å²) in [4.78, 5) is 40.6. The molecule has 0 saturated carbocycles. The number of amides is 3. The smallest absolute Gasteiger partial charge is 0.294 e. The number of thioether (sulfide) groups is 1. The van der Waals surface area contributed by atoms with Crippen LogP contribution >= 0.6 is 11.8 Å². The summed E-state index contributed by atoms with van der Waals surface area (Å²) in [5.41, 5.74) is 0.820. The van der Waals surface area contributed by atoms with Gasteiger partial charge >= 0.3 is 0 Å². The number of imide groups is 1. The minimum absolute atomic E-state index is 0.0138. The molecule has 1 atom stereocenters. The highest BCUT2D eigenvalue weighted by molar-refractivity contribution is 8.18. The summed E-state index contributed by atoms with van der Waals surface area (Å²) >= 11 is 0.863. The SMILES string of the molecule is Cn1cccc1C=C1SC(=O)N(CC(=O)N2CCCCC2CCO)C1=O. The number of aliphatic hydroxyl groups excluding tert-OH is 1. The molecule has 7 nitrogen and oxygen atoms in total. The molecule has 2 fully saturated rings. The fourth-order valence-corrected chi connectivity index (χ4v) is 4.22. The van der Waals surface area contributed by atoms with E-state index in [1.165, 1.54) is 0 Å². The van der Waals surface area contributed by atoms with Gasteiger partial charge in [0, 0.05) is 38.1 Å². The first-order valence-electron chi connectivity index (χ1n) is 8.78. The molecule has 1 aromatic heterocycles. The van der Waals surface area contributed by atoms with Crippen molar-refractivity contribution in [2.75, 3.05) is 19.7 Å². The third-order valence-electron chi connectivity index (χ3n) is 4.84. The predicted molar refractivity (Wildman–Crippen MR) is 99.1 cm³/mol. The fourth-order valence-electron chi connectivity index (χ4n) is 3.40. The van der Waals surface area contributed by atoms with E-state index in [9.17, 15) is 19.5 Å². The Labute approximate surface area is 156 Å². The number of likely N-dealkylation sites (tertiary alicyclic amines) is 1. The molecule has 0 bridgehead atoms. The molecule has 140 valence electrons. The third-order valence-corrected chi connectivity index (χ3v) is 5.75. The van der Waals surface area contributed by atoms with Crippen LogP contribution in [0.4, 0.5) is 4.79 Å². The third kappa shape index (κ3) is 3.86. The van der Waals surface area contributed by atoms with Gasteiger partial charge < -0.3 is 14.6 Å². The molecule has 0 radical (unpaired) electrons. The maximum atomic E-state index is 12.7. The van der Waals surface area contributed by atoms with E-state index in [0.29, 0.717) is 17.9 Å². The molecule has 2 aliphatic rings. The number of aromatic nitrogens is 1. The van der Waals surface area contributed by atoms with Gasteiger partial charge in [0.15, 0.2) is 0 Å². The number of carbonyl (C=O) groups excluding carboxylic acids is 3. The van der Waals surface area contributed by atoms with E-state index in [-0.39, 0.29) is 25.1 Å². The molecule has 1 N–H and O–H groups in total. The number of hydrogen-bond donors (Lipinski definition) is 1. The minimum Gasteiger partial charge on any atom is -0.396 e. The lowest BCUT2D eigenvalue weighted by molar-refractivity contribution is -0.139. The van der Waals surface area contributed by atoms with Crippen molar-refractivity contribution in [2.45, 2.75) is 31.7 Å². The molecule has 2 aliphatic heterocycles. The molecule has 3 amide bonds. The Bertz CT molecular complexity index is 741. The topological polar surface area (TPSA) is 82.8 Å². The van der Waals surface area contributed by atoms with Crippen molar-refractivity contribution < 1.29 is 19.5 Å². The van der Waals surface area contributed by atoms with Gasteiger partial charge in [0.05, 0.1) is 4.91 Å². The van der Waals surface area contributed by atoms with Crippen LogP contribution in [0, 0.1) is 0 Å². The average Bonchev–Trinajstić information content (AvgIpc) is 3.14. The van der Waals surface area contributed by atoms with Gasteiger partial charge in [-0.15, -0.1) is 0 Å².